The van der Waals surface area contributed by atoms with E-state index >= 15 is 0 Å². The van der Waals surface area contributed by atoms with Crippen molar-refractivity contribution in [3.63, 3.8) is 0 Å². The van der Waals surface area contributed by atoms with Crippen LogP contribution in [0.4, 0.5) is 0 Å². The number of hydrogen-bond acceptors (Lipinski definition) is 3. The summed E-state index contributed by atoms with van der Waals surface area (Å²) >= 11 is 2.00. The Balaban J connectivity index is 1.79. The molecule has 0 saturated heterocycles. The Hall–Kier alpha value is -1.47. The summed E-state index contributed by atoms with van der Waals surface area (Å²) in [5.41, 5.74) is 1.59. The Morgan fingerprint density at radius 3 is 2.80 bits per heavy atom. The number of nitrogens with one attached hydrogen (secondary N) is 1. The van der Waals surface area contributed by atoms with Gasteiger partial charge in [0.2, 0.25) is 5.91 Å². The van der Waals surface area contributed by atoms with Crippen molar-refractivity contribution in [2.24, 2.45) is 0 Å². The normalized spacial score (nSPS) is 21.4. The maximum absolute atomic E-state index is 12.0. The SMILES string of the molecule is CCSC1CCC(NC(=O)Cc2ccc(C#N)cc2)C1. The van der Waals surface area contributed by atoms with E-state index in [0.717, 1.165) is 24.2 Å². The first-order valence-corrected chi connectivity index (χ1v) is 8.16. The Bertz CT molecular complexity index is 492. The standard InChI is InChI=1S/C16H20N2OS/c1-2-20-15-8-7-14(10-15)18-16(19)9-12-3-5-13(11-17)6-4-12/h3-6,14-15H,2,7-10H2,1H3,(H,18,19). The molecule has 2 rings (SSSR count). The van der Waals surface area contributed by atoms with Gasteiger partial charge in [-0.1, -0.05) is 19.1 Å². The summed E-state index contributed by atoms with van der Waals surface area (Å²) in [4.78, 5) is 12.0. The molecule has 4 heteroatoms. The molecule has 0 heterocycles. The Morgan fingerprint density at radius 1 is 1.40 bits per heavy atom. The number of nitriles is 1. The third-order valence-corrected chi connectivity index (χ3v) is 4.83. The molecule has 1 amide bonds. The van der Waals surface area contributed by atoms with Crippen LogP contribution in [0.25, 0.3) is 0 Å². The summed E-state index contributed by atoms with van der Waals surface area (Å²) in [6, 6.07) is 9.63. The van der Waals surface area contributed by atoms with Crippen molar-refractivity contribution in [3.8, 4) is 6.07 Å². The quantitative estimate of drug-likeness (QED) is 0.906. The van der Waals surface area contributed by atoms with Crippen LogP contribution < -0.4 is 5.32 Å². The van der Waals surface area contributed by atoms with Gasteiger partial charge in [-0.3, -0.25) is 4.79 Å². The molecule has 1 aromatic carbocycles. The molecule has 0 radical (unpaired) electrons. The van der Waals surface area contributed by atoms with Crippen LogP contribution in [0.3, 0.4) is 0 Å². The first-order valence-electron chi connectivity index (χ1n) is 7.11. The van der Waals surface area contributed by atoms with E-state index in [4.69, 9.17) is 5.26 Å². The van der Waals surface area contributed by atoms with Crippen molar-refractivity contribution in [1.82, 2.24) is 5.32 Å². The van der Waals surface area contributed by atoms with Gasteiger partial charge in [-0.15, -0.1) is 0 Å². The van der Waals surface area contributed by atoms with E-state index in [9.17, 15) is 4.79 Å². The fourth-order valence-corrected chi connectivity index (χ4v) is 3.76. The first kappa shape index (κ1) is 14.9. The van der Waals surface area contributed by atoms with Gasteiger partial charge in [0.25, 0.3) is 0 Å². The van der Waals surface area contributed by atoms with Gasteiger partial charge < -0.3 is 5.32 Å². The summed E-state index contributed by atoms with van der Waals surface area (Å²) < 4.78 is 0. The van der Waals surface area contributed by atoms with Crippen LogP contribution in [0.15, 0.2) is 24.3 Å². The highest BCUT2D eigenvalue weighted by atomic mass is 32.2. The minimum atomic E-state index is 0.0851. The smallest absolute Gasteiger partial charge is 0.224 e. The molecule has 1 N–H and O–H groups in total. The molecule has 1 saturated carbocycles. The molecule has 2 atom stereocenters. The van der Waals surface area contributed by atoms with E-state index in [0.29, 0.717) is 23.3 Å². The first-order chi connectivity index (χ1) is 9.71. The second-order valence-corrected chi connectivity index (χ2v) is 6.72. The monoisotopic (exact) mass is 288 g/mol. The molecule has 106 valence electrons. The predicted octanol–water partition coefficient (Wildman–Crippen LogP) is 2.89. The van der Waals surface area contributed by atoms with Crippen molar-refractivity contribution in [2.45, 2.75) is 43.9 Å². The largest absolute Gasteiger partial charge is 0.353 e. The molecular weight excluding hydrogens is 268 g/mol. The number of carbonyl (C=O) groups is 1. The Morgan fingerprint density at radius 2 is 2.15 bits per heavy atom. The van der Waals surface area contributed by atoms with Gasteiger partial charge in [-0.2, -0.15) is 17.0 Å². The van der Waals surface area contributed by atoms with E-state index in [2.05, 4.69) is 18.3 Å². The van der Waals surface area contributed by atoms with Gasteiger partial charge in [0.1, 0.15) is 0 Å². The van der Waals surface area contributed by atoms with Gasteiger partial charge in [0.15, 0.2) is 0 Å². The van der Waals surface area contributed by atoms with Crippen LogP contribution in [0.1, 0.15) is 37.3 Å². The molecular formula is C16H20N2OS. The predicted molar refractivity (Wildman–Crippen MR) is 82.6 cm³/mol. The lowest BCUT2D eigenvalue weighted by atomic mass is 10.1. The van der Waals surface area contributed by atoms with E-state index in [-0.39, 0.29) is 5.91 Å². The number of nitrogens with zero attached hydrogens (tertiary/aromatic N) is 1. The lowest BCUT2D eigenvalue weighted by Crippen LogP contribution is -2.34. The number of benzene rings is 1. The van der Waals surface area contributed by atoms with Crippen LogP contribution in [0.5, 0.6) is 0 Å². The van der Waals surface area contributed by atoms with Crippen LogP contribution in [0, 0.1) is 11.3 Å². The maximum Gasteiger partial charge on any atom is 0.224 e. The zero-order valence-corrected chi connectivity index (χ0v) is 12.6. The minimum Gasteiger partial charge on any atom is -0.353 e. The summed E-state index contributed by atoms with van der Waals surface area (Å²) in [5, 5.41) is 12.6. The van der Waals surface area contributed by atoms with Gasteiger partial charge in [-0.05, 0) is 42.7 Å². The van der Waals surface area contributed by atoms with E-state index < -0.39 is 0 Å². The zero-order valence-electron chi connectivity index (χ0n) is 11.8. The number of amides is 1. The minimum absolute atomic E-state index is 0.0851. The summed E-state index contributed by atoms with van der Waals surface area (Å²) in [6.07, 6.45) is 3.79. The van der Waals surface area contributed by atoms with E-state index in [1.54, 1.807) is 12.1 Å². The molecule has 20 heavy (non-hydrogen) atoms. The Labute approximate surface area is 124 Å². The van der Waals surface area contributed by atoms with E-state index in [1.165, 1.54) is 6.42 Å². The van der Waals surface area contributed by atoms with Crippen LogP contribution in [-0.4, -0.2) is 23.0 Å². The van der Waals surface area contributed by atoms with Crippen molar-refractivity contribution >= 4 is 17.7 Å². The fourth-order valence-electron chi connectivity index (χ4n) is 2.62. The average Bonchev–Trinajstić information content (AvgIpc) is 2.87. The molecule has 1 aliphatic carbocycles. The number of hydrogen-bond donors (Lipinski definition) is 1. The average molecular weight is 288 g/mol. The second kappa shape index (κ2) is 7.35. The summed E-state index contributed by atoms with van der Waals surface area (Å²) in [6.45, 7) is 2.18. The van der Waals surface area contributed by atoms with Crippen molar-refractivity contribution in [2.75, 3.05) is 5.75 Å². The van der Waals surface area contributed by atoms with Crippen LogP contribution in [-0.2, 0) is 11.2 Å². The molecule has 2 unspecified atom stereocenters. The third kappa shape index (κ3) is 4.28. The summed E-state index contributed by atoms with van der Waals surface area (Å²) in [7, 11) is 0. The van der Waals surface area contributed by atoms with Gasteiger partial charge in [0, 0.05) is 11.3 Å². The molecule has 1 aromatic rings. The van der Waals surface area contributed by atoms with Gasteiger partial charge >= 0.3 is 0 Å². The third-order valence-electron chi connectivity index (χ3n) is 3.60. The van der Waals surface area contributed by atoms with Crippen molar-refractivity contribution < 1.29 is 4.79 Å². The molecule has 3 nitrogen and oxygen atoms in total. The fraction of sp³-hybridized carbons (Fsp3) is 0.500. The van der Waals surface area contributed by atoms with Gasteiger partial charge in [0.05, 0.1) is 18.1 Å². The highest BCUT2D eigenvalue weighted by molar-refractivity contribution is 7.99. The summed E-state index contributed by atoms with van der Waals surface area (Å²) in [5.74, 6) is 1.23. The van der Waals surface area contributed by atoms with Gasteiger partial charge in [-0.25, -0.2) is 0 Å². The topological polar surface area (TPSA) is 52.9 Å². The molecule has 1 aliphatic rings. The lowest BCUT2D eigenvalue weighted by molar-refractivity contribution is -0.121. The Kier molecular flexibility index (Phi) is 5.49. The number of carbonyl (C=O) groups excluding carboxylic acids is 1. The molecule has 0 aromatic heterocycles. The van der Waals surface area contributed by atoms with Crippen molar-refractivity contribution in [3.05, 3.63) is 35.4 Å². The molecule has 1 fully saturated rings. The number of thioether (sulfide) groups is 1. The number of rotatable bonds is 5. The zero-order chi connectivity index (χ0) is 14.4. The van der Waals surface area contributed by atoms with Crippen LogP contribution >= 0.6 is 11.8 Å². The lowest BCUT2D eigenvalue weighted by Gasteiger charge is -2.13. The van der Waals surface area contributed by atoms with Crippen molar-refractivity contribution in [1.29, 1.82) is 5.26 Å². The van der Waals surface area contributed by atoms with Crippen LogP contribution in [0.2, 0.25) is 0 Å². The highest BCUT2D eigenvalue weighted by Gasteiger charge is 2.25. The van der Waals surface area contributed by atoms with E-state index in [1.807, 2.05) is 23.9 Å². The second-order valence-electron chi connectivity index (χ2n) is 5.14. The molecule has 0 aliphatic heterocycles. The molecule has 0 spiro atoms. The highest BCUT2D eigenvalue weighted by Crippen LogP contribution is 2.29. The maximum atomic E-state index is 12.0. The molecule has 0 bridgehead atoms.